The van der Waals surface area contributed by atoms with Crippen LogP contribution in [0.4, 0.5) is 18.9 Å². The molecule has 3 nitrogen and oxygen atoms in total. The fraction of sp³-hybridized carbons (Fsp3) is 0.417. The number of thiol groups is 1. The van der Waals surface area contributed by atoms with Crippen LogP contribution in [0.15, 0.2) is 18.2 Å². The van der Waals surface area contributed by atoms with Crippen molar-refractivity contribution < 1.29 is 22.7 Å². The number of nitrogens with zero attached hydrogens (tertiary/aromatic N) is 1. The van der Waals surface area contributed by atoms with E-state index in [1.807, 2.05) is 0 Å². The molecule has 104 valence electrons. The van der Waals surface area contributed by atoms with E-state index in [1.54, 1.807) is 0 Å². The fourth-order valence-electron chi connectivity index (χ4n) is 1.96. The molecule has 7 heteroatoms. The molecule has 1 atom stereocenters. The maximum atomic E-state index is 12.8. The highest BCUT2D eigenvalue weighted by Crippen LogP contribution is 2.36. The summed E-state index contributed by atoms with van der Waals surface area (Å²) in [6.07, 6.45) is -4.26. The Morgan fingerprint density at radius 3 is 2.53 bits per heavy atom. The van der Waals surface area contributed by atoms with Crippen molar-refractivity contribution in [1.82, 2.24) is 0 Å². The molecule has 0 bridgehead atoms. The minimum Gasteiger partial charge on any atom is -0.497 e. The number of carbonyl (C=O) groups excluding carboxylic acids is 1. The average Bonchev–Trinajstić information content (AvgIpc) is 2.66. The van der Waals surface area contributed by atoms with Crippen LogP contribution in [-0.4, -0.2) is 24.8 Å². The second-order valence-corrected chi connectivity index (χ2v) is 5.01. The molecule has 1 amide bonds. The zero-order valence-electron chi connectivity index (χ0n) is 10.1. The second kappa shape index (κ2) is 4.96. The van der Waals surface area contributed by atoms with Crippen LogP contribution < -0.4 is 9.64 Å². The molecule has 1 aliphatic rings. The second-order valence-electron chi connectivity index (χ2n) is 4.28. The van der Waals surface area contributed by atoms with Gasteiger partial charge in [0.25, 0.3) is 0 Å². The van der Waals surface area contributed by atoms with Crippen LogP contribution in [0.2, 0.25) is 0 Å². The Hall–Kier alpha value is -1.37. The van der Waals surface area contributed by atoms with Crippen LogP contribution in [0.3, 0.4) is 0 Å². The largest absolute Gasteiger partial charge is 0.497 e. The summed E-state index contributed by atoms with van der Waals surface area (Å²) in [5.41, 5.74) is -0.648. The standard InChI is InChI=1S/C12H12F3NO2S/c1-18-9-3-7(12(13,14)15)2-8(4-9)16-6-10(19)5-11(16)17/h2-4,10,19H,5-6H2,1H3. The Morgan fingerprint density at radius 1 is 1.37 bits per heavy atom. The molecule has 0 spiro atoms. The summed E-state index contributed by atoms with van der Waals surface area (Å²) < 4.78 is 43.2. The summed E-state index contributed by atoms with van der Waals surface area (Å²) in [6.45, 7) is 0.298. The Morgan fingerprint density at radius 2 is 2.05 bits per heavy atom. The number of rotatable bonds is 2. The number of halogens is 3. The Bertz CT molecular complexity index is 504. The molecule has 1 fully saturated rings. The molecule has 19 heavy (non-hydrogen) atoms. The third kappa shape index (κ3) is 2.97. The third-order valence-electron chi connectivity index (χ3n) is 2.87. The molecule has 2 rings (SSSR count). The van der Waals surface area contributed by atoms with Gasteiger partial charge in [0.15, 0.2) is 0 Å². The van der Waals surface area contributed by atoms with Gasteiger partial charge in [-0.25, -0.2) is 0 Å². The van der Waals surface area contributed by atoms with Crippen LogP contribution in [0.5, 0.6) is 5.75 Å². The first kappa shape index (κ1) is 14.0. The lowest BCUT2D eigenvalue weighted by Crippen LogP contribution is -2.25. The van der Waals surface area contributed by atoms with Gasteiger partial charge in [0, 0.05) is 30.0 Å². The summed E-state index contributed by atoms with van der Waals surface area (Å²) in [6, 6.07) is 3.27. The molecule has 1 aromatic carbocycles. The minimum absolute atomic E-state index is 0.0697. The summed E-state index contributed by atoms with van der Waals surface area (Å²) in [5, 5.41) is -0.159. The fourth-order valence-corrected chi connectivity index (χ4v) is 2.28. The lowest BCUT2D eigenvalue weighted by molar-refractivity contribution is -0.137. The summed E-state index contributed by atoms with van der Waals surface area (Å²) in [7, 11) is 1.28. The van der Waals surface area contributed by atoms with Gasteiger partial charge in [-0.2, -0.15) is 25.8 Å². The molecule has 1 aliphatic heterocycles. The quantitative estimate of drug-likeness (QED) is 0.849. The summed E-state index contributed by atoms with van der Waals surface area (Å²) >= 11 is 4.18. The molecule has 1 unspecified atom stereocenters. The number of hydrogen-bond acceptors (Lipinski definition) is 3. The van der Waals surface area contributed by atoms with E-state index < -0.39 is 11.7 Å². The molecular weight excluding hydrogens is 279 g/mol. The first-order valence-corrected chi connectivity index (χ1v) is 6.07. The zero-order valence-corrected chi connectivity index (χ0v) is 11.0. The molecule has 1 aromatic rings. The van der Waals surface area contributed by atoms with Crippen molar-refractivity contribution in [3.8, 4) is 5.75 Å². The summed E-state index contributed by atoms with van der Waals surface area (Å²) in [5.74, 6) is -0.165. The van der Waals surface area contributed by atoms with Crippen LogP contribution in [0.1, 0.15) is 12.0 Å². The van der Waals surface area contributed by atoms with E-state index in [4.69, 9.17) is 4.74 Å². The number of ether oxygens (including phenoxy) is 1. The maximum Gasteiger partial charge on any atom is 0.416 e. The number of alkyl halides is 3. The van der Waals surface area contributed by atoms with Crippen molar-refractivity contribution in [3.63, 3.8) is 0 Å². The highest BCUT2D eigenvalue weighted by atomic mass is 32.1. The molecule has 1 saturated heterocycles. The molecular formula is C12H12F3NO2S. The van der Waals surface area contributed by atoms with E-state index in [1.165, 1.54) is 18.1 Å². The van der Waals surface area contributed by atoms with Gasteiger partial charge in [-0.15, -0.1) is 0 Å². The van der Waals surface area contributed by atoms with E-state index in [9.17, 15) is 18.0 Å². The number of amides is 1. The summed E-state index contributed by atoms with van der Waals surface area (Å²) in [4.78, 5) is 13.0. The van der Waals surface area contributed by atoms with E-state index in [2.05, 4.69) is 12.6 Å². The third-order valence-corrected chi connectivity index (χ3v) is 3.22. The molecule has 0 N–H and O–H groups in total. The molecule has 0 radical (unpaired) electrons. The predicted octanol–water partition coefficient (Wildman–Crippen LogP) is 2.75. The lowest BCUT2D eigenvalue weighted by Gasteiger charge is -2.19. The van der Waals surface area contributed by atoms with Gasteiger partial charge in [0.2, 0.25) is 5.91 Å². The van der Waals surface area contributed by atoms with E-state index in [0.29, 0.717) is 6.54 Å². The topological polar surface area (TPSA) is 29.5 Å². The first-order valence-electron chi connectivity index (χ1n) is 5.56. The number of hydrogen-bond donors (Lipinski definition) is 1. The minimum atomic E-state index is -4.48. The van der Waals surface area contributed by atoms with Crippen LogP contribution in [0.25, 0.3) is 0 Å². The van der Waals surface area contributed by atoms with Gasteiger partial charge >= 0.3 is 6.18 Å². The molecule has 0 saturated carbocycles. The highest BCUT2D eigenvalue weighted by Gasteiger charge is 2.34. The predicted molar refractivity (Wildman–Crippen MR) is 67.7 cm³/mol. The van der Waals surface area contributed by atoms with Crippen molar-refractivity contribution in [2.75, 3.05) is 18.6 Å². The smallest absolute Gasteiger partial charge is 0.416 e. The van der Waals surface area contributed by atoms with Crippen molar-refractivity contribution in [3.05, 3.63) is 23.8 Å². The van der Waals surface area contributed by atoms with Crippen LogP contribution in [-0.2, 0) is 11.0 Å². The monoisotopic (exact) mass is 291 g/mol. The molecule has 0 aromatic heterocycles. The van der Waals surface area contributed by atoms with Gasteiger partial charge in [0.05, 0.1) is 12.7 Å². The van der Waals surface area contributed by atoms with Gasteiger partial charge in [-0.3, -0.25) is 4.79 Å². The van der Waals surface area contributed by atoms with Crippen molar-refractivity contribution in [1.29, 1.82) is 0 Å². The Labute approximate surface area is 113 Å². The normalized spacial score (nSPS) is 19.9. The van der Waals surface area contributed by atoms with E-state index >= 15 is 0 Å². The maximum absolute atomic E-state index is 12.8. The number of benzene rings is 1. The van der Waals surface area contributed by atoms with Crippen molar-refractivity contribution in [2.24, 2.45) is 0 Å². The Kier molecular flexibility index (Phi) is 3.66. The zero-order chi connectivity index (χ0) is 14.2. The lowest BCUT2D eigenvalue weighted by atomic mass is 10.1. The van der Waals surface area contributed by atoms with Gasteiger partial charge in [-0.1, -0.05) is 0 Å². The molecule has 1 heterocycles. The Balaban J connectivity index is 2.43. The van der Waals surface area contributed by atoms with Gasteiger partial charge in [0.1, 0.15) is 5.75 Å². The van der Waals surface area contributed by atoms with Crippen molar-refractivity contribution >= 4 is 24.2 Å². The van der Waals surface area contributed by atoms with Gasteiger partial charge in [-0.05, 0) is 12.1 Å². The molecule has 0 aliphatic carbocycles. The van der Waals surface area contributed by atoms with E-state index in [0.717, 1.165) is 12.1 Å². The SMILES string of the molecule is COc1cc(N2CC(S)CC2=O)cc(C(F)(F)F)c1. The first-order chi connectivity index (χ1) is 8.81. The highest BCUT2D eigenvalue weighted by molar-refractivity contribution is 7.81. The van der Waals surface area contributed by atoms with Crippen molar-refractivity contribution in [2.45, 2.75) is 17.8 Å². The van der Waals surface area contributed by atoms with E-state index in [-0.39, 0.29) is 29.0 Å². The number of anilines is 1. The van der Waals surface area contributed by atoms with Crippen LogP contribution in [0, 0.1) is 0 Å². The average molecular weight is 291 g/mol. The number of methoxy groups -OCH3 is 1. The number of carbonyl (C=O) groups is 1. The van der Waals surface area contributed by atoms with Crippen LogP contribution >= 0.6 is 12.6 Å². The van der Waals surface area contributed by atoms with Gasteiger partial charge < -0.3 is 9.64 Å².